The van der Waals surface area contributed by atoms with Crippen molar-refractivity contribution in [2.75, 3.05) is 0 Å². The van der Waals surface area contributed by atoms with Crippen molar-refractivity contribution in [2.24, 2.45) is 0 Å². The fourth-order valence-corrected chi connectivity index (χ4v) is 5.18. The summed E-state index contributed by atoms with van der Waals surface area (Å²) in [6.07, 6.45) is 1.69. The molecule has 8 nitrogen and oxygen atoms in total. The molecule has 1 amide bonds. The smallest absolute Gasteiger partial charge is 0.357 e. The number of imidazole rings is 1. The maximum Gasteiger partial charge on any atom is 0.377 e. The number of aromatic amines is 2. The Bertz CT molecular complexity index is 1870. The normalized spacial score (nSPS) is 12.0. The molecule has 6 aromatic rings. The fraction of sp³-hybridized carbons (Fsp3) is 0.125. The molecule has 0 aliphatic heterocycles. The first kappa shape index (κ1) is 26.3. The number of nitrogens with one attached hydrogen (secondary N) is 3. The molecule has 0 unspecified atom stereocenters. The highest BCUT2D eigenvalue weighted by Crippen LogP contribution is 2.39. The van der Waals surface area contributed by atoms with Gasteiger partial charge in [-0.05, 0) is 65.6 Å². The molecule has 0 fully saturated rings. The summed E-state index contributed by atoms with van der Waals surface area (Å²) in [5.74, 6) is 0.462. The van der Waals surface area contributed by atoms with E-state index in [4.69, 9.17) is 21.1 Å². The topological polar surface area (TPSA) is 117 Å². The number of amides is 1. The first-order valence-corrected chi connectivity index (χ1v) is 13.7. The van der Waals surface area contributed by atoms with Crippen molar-refractivity contribution in [1.29, 1.82) is 0 Å². The van der Waals surface area contributed by atoms with Gasteiger partial charge in [-0.3, -0.25) is 4.79 Å². The van der Waals surface area contributed by atoms with E-state index in [9.17, 15) is 9.59 Å². The monoisotopic (exact) mass is 563 g/mol. The van der Waals surface area contributed by atoms with Crippen molar-refractivity contribution in [3.8, 4) is 34.0 Å². The average molecular weight is 564 g/mol. The van der Waals surface area contributed by atoms with Crippen molar-refractivity contribution in [1.82, 2.24) is 25.4 Å². The van der Waals surface area contributed by atoms with Gasteiger partial charge in [0.15, 0.2) is 0 Å². The van der Waals surface area contributed by atoms with Gasteiger partial charge in [0.2, 0.25) is 0 Å². The highest BCUT2D eigenvalue weighted by Gasteiger charge is 2.22. The Hall–Kier alpha value is -4.95. The Labute approximate surface area is 240 Å². The van der Waals surface area contributed by atoms with Crippen LogP contribution in [-0.4, -0.2) is 26.0 Å². The van der Waals surface area contributed by atoms with Gasteiger partial charge in [-0.1, -0.05) is 73.5 Å². The van der Waals surface area contributed by atoms with Crippen LogP contribution in [0.3, 0.4) is 0 Å². The van der Waals surface area contributed by atoms with E-state index in [1.54, 1.807) is 18.2 Å². The summed E-state index contributed by atoms with van der Waals surface area (Å²) in [6.45, 7) is 2.08. The van der Waals surface area contributed by atoms with Crippen LogP contribution in [0, 0.1) is 0 Å². The Morgan fingerprint density at radius 3 is 2.44 bits per heavy atom. The van der Waals surface area contributed by atoms with Gasteiger partial charge >= 0.3 is 5.69 Å². The Balaban J connectivity index is 1.45. The van der Waals surface area contributed by atoms with Crippen LogP contribution in [0.2, 0.25) is 5.02 Å². The Morgan fingerprint density at radius 1 is 0.902 bits per heavy atom. The predicted octanol–water partition coefficient (Wildman–Crippen LogP) is 7.16. The summed E-state index contributed by atoms with van der Waals surface area (Å²) >= 11 is 6.47. The van der Waals surface area contributed by atoms with Crippen LogP contribution in [0.4, 0.5) is 0 Å². The van der Waals surface area contributed by atoms with E-state index < -0.39 is 5.69 Å². The second-order valence-corrected chi connectivity index (χ2v) is 10.1. The highest BCUT2D eigenvalue weighted by molar-refractivity contribution is 6.31. The molecule has 1 atom stereocenters. The molecular weight excluding hydrogens is 538 g/mol. The molecule has 9 heteroatoms. The lowest BCUT2D eigenvalue weighted by Gasteiger charge is -2.19. The fourth-order valence-electron chi connectivity index (χ4n) is 5.01. The average Bonchev–Trinajstić information content (AvgIpc) is 3.63. The lowest BCUT2D eigenvalue weighted by molar-refractivity contribution is 0.0934. The lowest BCUT2D eigenvalue weighted by Crippen LogP contribution is -2.28. The van der Waals surface area contributed by atoms with Crippen molar-refractivity contribution in [3.63, 3.8) is 0 Å². The van der Waals surface area contributed by atoms with E-state index in [1.165, 1.54) is 0 Å². The van der Waals surface area contributed by atoms with Gasteiger partial charge in [0, 0.05) is 21.7 Å². The number of halogens is 1. The van der Waals surface area contributed by atoms with Gasteiger partial charge in [-0.25, -0.2) is 9.78 Å². The molecule has 6 rings (SSSR count). The minimum atomic E-state index is -0.628. The van der Waals surface area contributed by atoms with Crippen molar-refractivity contribution in [3.05, 3.63) is 118 Å². The van der Waals surface area contributed by atoms with E-state index in [1.807, 2.05) is 72.8 Å². The zero-order chi connectivity index (χ0) is 28.3. The minimum Gasteiger partial charge on any atom is -0.357 e. The number of H-pyrrole nitrogens is 2. The van der Waals surface area contributed by atoms with Crippen molar-refractivity contribution in [2.45, 2.75) is 25.8 Å². The highest BCUT2D eigenvalue weighted by atomic mass is 35.5. The summed E-state index contributed by atoms with van der Waals surface area (Å²) in [5, 5.41) is 5.93. The zero-order valence-electron chi connectivity index (χ0n) is 22.1. The molecule has 0 aliphatic rings. The number of hydrogen-bond acceptors (Lipinski definition) is 5. The summed E-state index contributed by atoms with van der Waals surface area (Å²) in [5.41, 5.74) is 5.18. The van der Waals surface area contributed by atoms with E-state index in [2.05, 4.69) is 27.4 Å². The third-order valence-electron chi connectivity index (χ3n) is 6.95. The molecule has 0 aliphatic carbocycles. The van der Waals surface area contributed by atoms with Crippen molar-refractivity contribution < 1.29 is 9.32 Å². The summed E-state index contributed by atoms with van der Waals surface area (Å²) in [6, 6.07) is 28.2. The SMILES string of the molecule is CCC[C@@H](NC(=O)c1ccc(-c2cc(Cl)ccc2-c2nc3ccccc3[nH]2)c(-c2nc(=O)[nH]o2)c1)c1ccccc1. The number of rotatable bonds is 8. The zero-order valence-corrected chi connectivity index (χ0v) is 22.9. The van der Waals surface area contributed by atoms with Crippen LogP contribution in [0.25, 0.3) is 45.0 Å². The standard InChI is InChI=1S/C32H26ClN5O3/c1-2-8-26(19-9-4-3-5-10-19)36-30(39)20-13-15-22(25(17-20)31-37-32(40)38-41-31)24-18-21(33)14-16-23(24)29-34-27-11-6-7-12-28(27)35-29/h3-7,9-18,26H,2,8H2,1H3,(H,34,35)(H,36,39)(H,38,40)/t26-/m1/s1. The summed E-state index contributed by atoms with van der Waals surface area (Å²) in [4.78, 5) is 37.6. The predicted molar refractivity (Wildman–Crippen MR) is 160 cm³/mol. The molecule has 41 heavy (non-hydrogen) atoms. The second kappa shape index (κ2) is 11.3. The number of para-hydroxylation sites is 2. The molecule has 3 N–H and O–H groups in total. The number of hydrogen-bond donors (Lipinski definition) is 3. The molecule has 0 bridgehead atoms. The third-order valence-corrected chi connectivity index (χ3v) is 7.19. The first-order chi connectivity index (χ1) is 20.0. The van der Waals surface area contributed by atoms with E-state index in [0.29, 0.717) is 27.5 Å². The molecule has 0 spiro atoms. The number of carbonyl (C=O) groups excluding carboxylic acids is 1. The van der Waals surface area contributed by atoms with Gasteiger partial charge in [0.1, 0.15) is 5.82 Å². The lowest BCUT2D eigenvalue weighted by atomic mass is 9.93. The van der Waals surface area contributed by atoms with Crippen molar-refractivity contribution >= 4 is 28.5 Å². The van der Waals surface area contributed by atoms with Gasteiger partial charge in [-0.2, -0.15) is 10.1 Å². The van der Waals surface area contributed by atoms with Gasteiger partial charge in [-0.15, -0.1) is 0 Å². The largest absolute Gasteiger partial charge is 0.377 e. The molecule has 204 valence electrons. The van der Waals surface area contributed by atoms with E-state index >= 15 is 0 Å². The van der Waals surface area contributed by atoms with Gasteiger partial charge in [0.25, 0.3) is 11.8 Å². The number of benzene rings is 4. The van der Waals surface area contributed by atoms with Crippen LogP contribution in [0.1, 0.15) is 41.7 Å². The number of carbonyl (C=O) groups is 1. The Morgan fingerprint density at radius 2 is 1.68 bits per heavy atom. The van der Waals surface area contributed by atoms with Crippen LogP contribution in [0.15, 0.2) is 100 Å². The van der Waals surface area contributed by atoms with E-state index in [0.717, 1.165) is 40.6 Å². The maximum absolute atomic E-state index is 13.5. The molecule has 4 aromatic carbocycles. The molecular formula is C32H26ClN5O3. The van der Waals surface area contributed by atoms with Crippen LogP contribution >= 0.6 is 11.6 Å². The second-order valence-electron chi connectivity index (χ2n) is 9.70. The molecule has 2 heterocycles. The van der Waals surface area contributed by atoms with Crippen LogP contribution < -0.4 is 11.0 Å². The van der Waals surface area contributed by atoms with Gasteiger partial charge < -0.3 is 14.8 Å². The molecule has 0 saturated carbocycles. The first-order valence-electron chi connectivity index (χ1n) is 13.3. The third kappa shape index (κ3) is 5.42. The number of fused-ring (bicyclic) bond motifs is 1. The summed E-state index contributed by atoms with van der Waals surface area (Å²) < 4.78 is 5.42. The number of aromatic nitrogens is 4. The van der Waals surface area contributed by atoms with E-state index in [-0.39, 0.29) is 17.8 Å². The maximum atomic E-state index is 13.5. The summed E-state index contributed by atoms with van der Waals surface area (Å²) in [7, 11) is 0. The molecule has 2 aromatic heterocycles. The quantitative estimate of drug-likeness (QED) is 0.181. The molecule has 0 saturated heterocycles. The van der Waals surface area contributed by atoms with Crippen LogP contribution in [-0.2, 0) is 0 Å². The Kier molecular flexibility index (Phi) is 7.22. The van der Waals surface area contributed by atoms with Gasteiger partial charge in [0.05, 0.1) is 17.1 Å². The van der Waals surface area contributed by atoms with Crippen LogP contribution in [0.5, 0.6) is 0 Å². The molecule has 0 radical (unpaired) electrons. The minimum absolute atomic E-state index is 0.0587. The number of nitrogens with zero attached hydrogens (tertiary/aromatic N) is 2.